The molecule has 2 atom stereocenters. The van der Waals surface area contributed by atoms with Crippen LogP contribution in [0.1, 0.15) is 24.5 Å². The Morgan fingerprint density at radius 1 is 1.46 bits per heavy atom. The minimum Gasteiger partial charge on any atom is -0.476 e. The van der Waals surface area contributed by atoms with E-state index in [4.69, 9.17) is 4.74 Å². The van der Waals surface area contributed by atoms with Gasteiger partial charge in [-0.05, 0) is 12.5 Å². The van der Waals surface area contributed by atoms with Gasteiger partial charge in [-0.2, -0.15) is 0 Å². The monoisotopic (exact) mass is 379 g/mol. The second-order valence-electron chi connectivity index (χ2n) is 5.68. The van der Waals surface area contributed by atoms with Crippen LogP contribution in [0.15, 0.2) is 24.3 Å². The van der Waals surface area contributed by atoms with E-state index in [0.717, 1.165) is 11.3 Å². The maximum atomic E-state index is 12.1. The van der Waals surface area contributed by atoms with Crippen LogP contribution in [0.3, 0.4) is 0 Å². The molecular formula is C15H17N5O5S. The molecule has 2 unspecified atom stereocenters. The van der Waals surface area contributed by atoms with Crippen LogP contribution in [0.2, 0.25) is 0 Å². The van der Waals surface area contributed by atoms with Gasteiger partial charge in [-0.25, -0.2) is 9.69 Å². The molecule has 0 radical (unpaired) electrons. The van der Waals surface area contributed by atoms with Crippen molar-refractivity contribution in [1.82, 2.24) is 15.1 Å². The van der Waals surface area contributed by atoms with E-state index in [-0.39, 0.29) is 29.1 Å². The molecule has 0 aliphatic carbocycles. The van der Waals surface area contributed by atoms with Crippen molar-refractivity contribution in [2.24, 2.45) is 0 Å². The third-order valence-electron chi connectivity index (χ3n) is 3.88. The van der Waals surface area contributed by atoms with Gasteiger partial charge in [0.1, 0.15) is 0 Å². The summed E-state index contributed by atoms with van der Waals surface area (Å²) < 4.78 is 5.78. The number of rotatable bonds is 6. The first-order chi connectivity index (χ1) is 12.4. The Morgan fingerprint density at radius 2 is 2.19 bits per heavy atom. The van der Waals surface area contributed by atoms with Gasteiger partial charge in [0.15, 0.2) is 23.1 Å². The number of anilines is 1. The highest BCUT2D eigenvalue weighted by molar-refractivity contribution is 7.15. The van der Waals surface area contributed by atoms with Crippen molar-refractivity contribution in [3.8, 4) is 5.75 Å². The molecule has 1 aromatic heterocycles. The van der Waals surface area contributed by atoms with Crippen molar-refractivity contribution in [3.63, 3.8) is 0 Å². The summed E-state index contributed by atoms with van der Waals surface area (Å²) in [4.78, 5) is 25.3. The molecule has 2 aromatic rings. The Balaban J connectivity index is 1.83. The molecule has 3 rings (SSSR count). The van der Waals surface area contributed by atoms with Crippen molar-refractivity contribution < 1.29 is 19.6 Å². The van der Waals surface area contributed by atoms with Crippen LogP contribution in [0.25, 0.3) is 0 Å². The molecule has 0 saturated carbocycles. The van der Waals surface area contributed by atoms with Crippen molar-refractivity contribution in [2.75, 3.05) is 18.5 Å². The first-order valence-electron chi connectivity index (χ1n) is 7.88. The van der Waals surface area contributed by atoms with Gasteiger partial charge in [-0.1, -0.05) is 30.4 Å². The quantitative estimate of drug-likeness (QED) is 0.603. The maximum absolute atomic E-state index is 12.1. The number of benzene rings is 1. The number of amides is 2. The lowest BCUT2D eigenvalue weighted by Gasteiger charge is -2.15. The molecule has 0 bridgehead atoms. The lowest BCUT2D eigenvalue weighted by atomic mass is 10.2. The van der Waals surface area contributed by atoms with E-state index in [1.165, 1.54) is 21.9 Å². The number of aliphatic hydroxyl groups excluding tert-OH is 1. The number of nitrogens with zero attached hydrogens (tertiary/aromatic N) is 5. The molecule has 1 fully saturated rings. The standard InChI is InChI=1S/C15H17N5O5S/c1-3-10(25-11-7-5-4-6-9(11)20(23)24)13-16-17-14(26-13)19-12(21)8-18(2)15(19)22/h4-7,10,12,21H,3,8H2,1-2H3. The Bertz CT molecular complexity index is 828. The molecule has 1 aliphatic heterocycles. The molecule has 2 heterocycles. The summed E-state index contributed by atoms with van der Waals surface area (Å²) in [6.07, 6.45) is -1.06. The van der Waals surface area contributed by atoms with Gasteiger partial charge in [-0.15, -0.1) is 10.2 Å². The molecule has 1 aliphatic rings. The molecule has 11 heteroatoms. The van der Waals surface area contributed by atoms with E-state index in [1.807, 2.05) is 6.92 Å². The highest BCUT2D eigenvalue weighted by atomic mass is 32.1. The van der Waals surface area contributed by atoms with Crippen LogP contribution < -0.4 is 9.64 Å². The molecule has 10 nitrogen and oxygen atoms in total. The third kappa shape index (κ3) is 3.30. The second kappa shape index (κ2) is 7.22. The van der Waals surface area contributed by atoms with E-state index < -0.39 is 17.3 Å². The van der Waals surface area contributed by atoms with Crippen LogP contribution in [0.4, 0.5) is 15.6 Å². The number of nitro benzene ring substituents is 1. The minimum atomic E-state index is -0.996. The van der Waals surface area contributed by atoms with Crippen molar-refractivity contribution in [3.05, 3.63) is 39.4 Å². The van der Waals surface area contributed by atoms with Gasteiger partial charge in [-0.3, -0.25) is 10.1 Å². The fraction of sp³-hybridized carbons (Fsp3) is 0.400. The van der Waals surface area contributed by atoms with E-state index >= 15 is 0 Å². The zero-order chi connectivity index (χ0) is 18.8. The van der Waals surface area contributed by atoms with Crippen LogP contribution in [-0.4, -0.2) is 51.0 Å². The van der Waals surface area contributed by atoms with Gasteiger partial charge in [0.05, 0.1) is 11.5 Å². The SMILES string of the molecule is CCC(Oc1ccccc1[N+](=O)[O-])c1nnc(N2C(=O)N(C)CC2O)s1. The number of urea groups is 1. The zero-order valence-electron chi connectivity index (χ0n) is 14.1. The van der Waals surface area contributed by atoms with Crippen LogP contribution in [0, 0.1) is 10.1 Å². The summed E-state index contributed by atoms with van der Waals surface area (Å²) >= 11 is 1.11. The largest absolute Gasteiger partial charge is 0.476 e. The molecule has 1 N–H and O–H groups in total. The predicted octanol–water partition coefficient (Wildman–Crippen LogP) is 2.17. The Morgan fingerprint density at radius 3 is 2.81 bits per heavy atom. The van der Waals surface area contributed by atoms with E-state index in [2.05, 4.69) is 10.2 Å². The molecule has 2 amide bonds. The van der Waals surface area contributed by atoms with E-state index in [9.17, 15) is 20.0 Å². The summed E-state index contributed by atoms with van der Waals surface area (Å²) in [5.41, 5.74) is -0.137. The Labute approximate surface area is 152 Å². The molecule has 26 heavy (non-hydrogen) atoms. The van der Waals surface area contributed by atoms with Crippen molar-refractivity contribution >= 4 is 28.2 Å². The van der Waals surface area contributed by atoms with Gasteiger partial charge >= 0.3 is 11.7 Å². The van der Waals surface area contributed by atoms with Crippen LogP contribution in [-0.2, 0) is 0 Å². The van der Waals surface area contributed by atoms with Gasteiger partial charge in [0.25, 0.3) is 0 Å². The average Bonchev–Trinajstić information content (AvgIpc) is 3.17. The molecular weight excluding hydrogens is 362 g/mol. The smallest absolute Gasteiger partial charge is 0.328 e. The van der Waals surface area contributed by atoms with Gasteiger partial charge in [0.2, 0.25) is 5.13 Å². The number of ether oxygens (including phenoxy) is 1. The number of hydrogen-bond donors (Lipinski definition) is 1. The normalized spacial score (nSPS) is 18.3. The zero-order valence-corrected chi connectivity index (χ0v) is 14.9. The number of para-hydroxylation sites is 2. The number of carbonyl (C=O) groups excluding carboxylic acids is 1. The average molecular weight is 379 g/mol. The molecule has 0 spiro atoms. The highest BCUT2D eigenvalue weighted by Crippen LogP contribution is 2.35. The summed E-state index contributed by atoms with van der Waals surface area (Å²) in [7, 11) is 1.58. The van der Waals surface area contributed by atoms with Crippen molar-refractivity contribution in [2.45, 2.75) is 25.7 Å². The summed E-state index contributed by atoms with van der Waals surface area (Å²) in [6, 6.07) is 5.73. The third-order valence-corrected chi connectivity index (χ3v) is 4.90. The van der Waals surface area contributed by atoms with E-state index in [1.54, 1.807) is 19.2 Å². The lowest BCUT2D eigenvalue weighted by molar-refractivity contribution is -0.386. The number of aromatic nitrogens is 2. The second-order valence-corrected chi connectivity index (χ2v) is 6.66. The number of nitro groups is 1. The number of likely N-dealkylation sites (N-methyl/N-ethyl adjacent to an activating group) is 1. The summed E-state index contributed by atoms with van der Waals surface area (Å²) in [6.45, 7) is 2.03. The summed E-state index contributed by atoms with van der Waals surface area (Å²) in [5.74, 6) is 0.137. The first-order valence-corrected chi connectivity index (χ1v) is 8.69. The van der Waals surface area contributed by atoms with Gasteiger partial charge < -0.3 is 14.7 Å². The molecule has 1 saturated heterocycles. The molecule has 138 valence electrons. The molecule has 1 aromatic carbocycles. The van der Waals surface area contributed by atoms with Gasteiger partial charge in [0, 0.05) is 13.1 Å². The van der Waals surface area contributed by atoms with E-state index in [0.29, 0.717) is 11.4 Å². The minimum absolute atomic E-state index is 0.137. The number of carbonyl (C=O) groups is 1. The lowest BCUT2D eigenvalue weighted by Crippen LogP contribution is -2.34. The fourth-order valence-electron chi connectivity index (χ4n) is 2.55. The Kier molecular flexibility index (Phi) is 5.00. The first kappa shape index (κ1) is 18.0. The number of hydrogen-bond acceptors (Lipinski definition) is 8. The van der Waals surface area contributed by atoms with Crippen molar-refractivity contribution in [1.29, 1.82) is 0 Å². The Hall–Kier alpha value is -2.79. The maximum Gasteiger partial charge on any atom is 0.328 e. The predicted molar refractivity (Wildman–Crippen MR) is 93.2 cm³/mol. The topological polar surface area (TPSA) is 122 Å². The fourth-order valence-corrected chi connectivity index (χ4v) is 3.54. The number of aliphatic hydroxyl groups is 1. The highest BCUT2D eigenvalue weighted by Gasteiger charge is 2.37. The number of β-amino-alcohol motifs (C(OH)–C–C–N with tert-alkyl or cyclic N) is 1. The van der Waals surface area contributed by atoms with Crippen LogP contribution in [0.5, 0.6) is 5.75 Å². The van der Waals surface area contributed by atoms with Crippen LogP contribution >= 0.6 is 11.3 Å². The summed E-state index contributed by atoms with van der Waals surface area (Å²) in [5, 5.41) is 29.9.